The number of anilines is 1. The molecule has 1 amide bonds. The number of carbonyl (C=O) groups excluding carboxylic acids is 1. The number of piperidine rings is 1. The van der Waals surface area contributed by atoms with Crippen LogP contribution in [0.4, 0.5) is 5.95 Å². The van der Waals surface area contributed by atoms with Gasteiger partial charge in [-0.25, -0.2) is 0 Å². The van der Waals surface area contributed by atoms with Gasteiger partial charge in [0.15, 0.2) is 5.16 Å². The Morgan fingerprint density at radius 3 is 2.62 bits per heavy atom. The second kappa shape index (κ2) is 10.2. The van der Waals surface area contributed by atoms with Crippen LogP contribution in [0.15, 0.2) is 28.0 Å². The van der Waals surface area contributed by atoms with Crippen molar-refractivity contribution < 1.29 is 9.21 Å². The zero-order valence-electron chi connectivity index (χ0n) is 17.9. The predicted molar refractivity (Wildman–Crippen MR) is 116 cm³/mol. The third-order valence-electron chi connectivity index (χ3n) is 5.43. The number of hydrogen-bond donors (Lipinski definition) is 1. The van der Waals surface area contributed by atoms with Gasteiger partial charge in [-0.1, -0.05) is 39.5 Å². The van der Waals surface area contributed by atoms with Crippen molar-refractivity contribution in [2.75, 3.05) is 23.7 Å². The predicted octanol–water partition coefficient (Wildman–Crippen LogP) is 3.80. The molecule has 1 fully saturated rings. The summed E-state index contributed by atoms with van der Waals surface area (Å²) < 4.78 is 7.65. The zero-order chi connectivity index (χ0) is 20.8. The Morgan fingerprint density at radius 2 is 2.00 bits per heavy atom. The van der Waals surface area contributed by atoms with Crippen LogP contribution in [-0.2, 0) is 11.3 Å². The van der Waals surface area contributed by atoms with Crippen LogP contribution in [0.2, 0.25) is 0 Å². The molecule has 2 unspecified atom stereocenters. The molecule has 0 bridgehead atoms. The van der Waals surface area contributed by atoms with E-state index >= 15 is 0 Å². The number of hydrogen-bond acceptors (Lipinski definition) is 6. The van der Waals surface area contributed by atoms with E-state index in [0.29, 0.717) is 24.1 Å². The molecule has 8 heteroatoms. The summed E-state index contributed by atoms with van der Waals surface area (Å²) in [6.07, 6.45) is 4.80. The van der Waals surface area contributed by atoms with Gasteiger partial charge in [0, 0.05) is 19.1 Å². The zero-order valence-corrected chi connectivity index (χ0v) is 18.7. The first-order valence-corrected chi connectivity index (χ1v) is 11.6. The largest absolute Gasteiger partial charge is 0.467 e. The van der Waals surface area contributed by atoms with Crippen molar-refractivity contribution in [1.29, 1.82) is 0 Å². The van der Waals surface area contributed by atoms with E-state index in [1.807, 2.05) is 12.1 Å². The van der Waals surface area contributed by atoms with Gasteiger partial charge in [0.1, 0.15) is 5.76 Å². The lowest BCUT2D eigenvalue weighted by Gasteiger charge is -2.35. The summed E-state index contributed by atoms with van der Waals surface area (Å²) in [4.78, 5) is 14.7. The Kier molecular flexibility index (Phi) is 7.64. The number of nitrogens with one attached hydrogen (secondary N) is 1. The normalized spacial score (nSPS) is 19.7. The molecular formula is C21H33N5O2S. The van der Waals surface area contributed by atoms with Gasteiger partial charge in [0.05, 0.1) is 18.6 Å². The molecule has 1 N–H and O–H groups in total. The van der Waals surface area contributed by atoms with Crippen LogP contribution in [0.1, 0.15) is 52.7 Å². The highest BCUT2D eigenvalue weighted by Crippen LogP contribution is 2.29. The molecule has 3 rings (SSSR count). The van der Waals surface area contributed by atoms with Gasteiger partial charge in [-0.15, -0.1) is 10.2 Å². The van der Waals surface area contributed by atoms with E-state index in [1.165, 1.54) is 18.2 Å². The van der Waals surface area contributed by atoms with Gasteiger partial charge in [0.2, 0.25) is 11.9 Å². The Balaban J connectivity index is 1.76. The minimum Gasteiger partial charge on any atom is -0.467 e. The van der Waals surface area contributed by atoms with Crippen molar-refractivity contribution in [3.05, 3.63) is 24.2 Å². The lowest BCUT2D eigenvalue weighted by atomic mass is 9.92. The highest BCUT2D eigenvalue weighted by molar-refractivity contribution is 7.99. The van der Waals surface area contributed by atoms with E-state index in [1.54, 1.807) is 6.26 Å². The minimum atomic E-state index is 0.0398. The molecule has 160 valence electrons. The first-order valence-electron chi connectivity index (χ1n) is 10.6. The maximum Gasteiger partial charge on any atom is 0.230 e. The number of nitrogens with zero attached hydrogens (tertiary/aromatic N) is 4. The molecule has 2 atom stereocenters. The molecule has 7 nitrogen and oxygen atoms in total. The quantitative estimate of drug-likeness (QED) is 0.623. The molecule has 3 heterocycles. The van der Waals surface area contributed by atoms with Gasteiger partial charge in [-0.3, -0.25) is 9.36 Å². The molecule has 1 aliphatic rings. The summed E-state index contributed by atoms with van der Waals surface area (Å²) in [6, 6.07) is 4.08. The third-order valence-corrected chi connectivity index (χ3v) is 6.39. The van der Waals surface area contributed by atoms with Crippen LogP contribution in [0.3, 0.4) is 0 Å². The van der Waals surface area contributed by atoms with E-state index < -0.39 is 0 Å². The van der Waals surface area contributed by atoms with E-state index in [0.717, 1.165) is 42.8 Å². The van der Waals surface area contributed by atoms with Gasteiger partial charge < -0.3 is 14.6 Å². The van der Waals surface area contributed by atoms with Crippen molar-refractivity contribution in [2.45, 2.75) is 64.7 Å². The van der Waals surface area contributed by atoms with Crippen LogP contribution in [0, 0.1) is 11.8 Å². The fourth-order valence-electron chi connectivity index (χ4n) is 4.04. The third kappa shape index (κ3) is 5.78. The second-order valence-electron chi connectivity index (χ2n) is 8.17. The SMILES string of the molecule is CCC(CC)NC(=O)CSc1nnc(N2CC(C)CC(C)C2)n1Cc1ccco1. The fraction of sp³-hybridized carbons (Fsp3) is 0.667. The Hall–Kier alpha value is -1.96. The second-order valence-corrected chi connectivity index (χ2v) is 9.11. The molecular weight excluding hydrogens is 386 g/mol. The number of thioether (sulfide) groups is 1. The van der Waals surface area contributed by atoms with Gasteiger partial charge in [0.25, 0.3) is 0 Å². The number of aromatic nitrogens is 3. The van der Waals surface area contributed by atoms with Crippen LogP contribution in [0.25, 0.3) is 0 Å². The van der Waals surface area contributed by atoms with Crippen LogP contribution in [0.5, 0.6) is 0 Å². The minimum absolute atomic E-state index is 0.0398. The molecule has 0 saturated carbocycles. The highest BCUT2D eigenvalue weighted by atomic mass is 32.2. The average molecular weight is 420 g/mol. The Morgan fingerprint density at radius 1 is 1.28 bits per heavy atom. The van der Waals surface area contributed by atoms with Crippen molar-refractivity contribution in [3.8, 4) is 0 Å². The summed E-state index contributed by atoms with van der Waals surface area (Å²) in [7, 11) is 0. The van der Waals surface area contributed by atoms with E-state index in [2.05, 4.69) is 52.7 Å². The molecule has 29 heavy (non-hydrogen) atoms. The first-order chi connectivity index (χ1) is 14.0. The standard InChI is InChI=1S/C21H33N5O2S/c1-5-17(6-2)22-19(27)14-29-21-24-23-20(25-11-15(3)10-16(4)12-25)26(21)13-18-8-7-9-28-18/h7-9,15-17H,5-6,10-14H2,1-4H3,(H,22,27). The van der Waals surface area contributed by atoms with E-state index in [9.17, 15) is 4.79 Å². The average Bonchev–Trinajstić information content (AvgIpc) is 3.34. The topological polar surface area (TPSA) is 76.2 Å². The number of amides is 1. The van der Waals surface area contributed by atoms with Crippen molar-refractivity contribution in [1.82, 2.24) is 20.1 Å². The van der Waals surface area contributed by atoms with Gasteiger partial charge in [-0.05, 0) is 43.2 Å². The smallest absolute Gasteiger partial charge is 0.230 e. The lowest BCUT2D eigenvalue weighted by Crippen LogP contribution is -2.40. The molecule has 0 spiro atoms. The van der Waals surface area contributed by atoms with Crippen molar-refractivity contribution >= 4 is 23.6 Å². The van der Waals surface area contributed by atoms with Gasteiger partial charge >= 0.3 is 0 Å². The van der Waals surface area contributed by atoms with Crippen LogP contribution < -0.4 is 10.2 Å². The van der Waals surface area contributed by atoms with Gasteiger partial charge in [-0.2, -0.15) is 0 Å². The number of furan rings is 1. The monoisotopic (exact) mass is 419 g/mol. The Bertz CT molecular complexity index is 762. The molecule has 0 aliphatic carbocycles. The molecule has 1 saturated heterocycles. The lowest BCUT2D eigenvalue weighted by molar-refractivity contribution is -0.119. The summed E-state index contributed by atoms with van der Waals surface area (Å²) in [5, 5.41) is 12.8. The van der Waals surface area contributed by atoms with E-state index in [4.69, 9.17) is 4.42 Å². The molecule has 1 aliphatic heterocycles. The van der Waals surface area contributed by atoms with Crippen molar-refractivity contribution in [3.63, 3.8) is 0 Å². The fourth-order valence-corrected chi connectivity index (χ4v) is 4.78. The van der Waals surface area contributed by atoms with Crippen LogP contribution in [-0.4, -0.2) is 45.6 Å². The molecule has 2 aromatic rings. The summed E-state index contributed by atoms with van der Waals surface area (Å²) in [6.45, 7) is 11.3. The molecule has 2 aromatic heterocycles. The Labute approximate surface area is 177 Å². The van der Waals surface area contributed by atoms with E-state index in [-0.39, 0.29) is 11.9 Å². The molecule has 0 radical (unpaired) electrons. The van der Waals surface area contributed by atoms with Crippen LogP contribution >= 0.6 is 11.8 Å². The first kappa shape index (κ1) is 21.7. The number of carbonyl (C=O) groups is 1. The summed E-state index contributed by atoms with van der Waals surface area (Å²) in [5.41, 5.74) is 0. The summed E-state index contributed by atoms with van der Waals surface area (Å²) in [5.74, 6) is 3.33. The maximum absolute atomic E-state index is 12.3. The molecule has 0 aromatic carbocycles. The maximum atomic E-state index is 12.3. The highest BCUT2D eigenvalue weighted by Gasteiger charge is 2.27. The summed E-state index contributed by atoms with van der Waals surface area (Å²) >= 11 is 1.44. The van der Waals surface area contributed by atoms with Crippen molar-refractivity contribution in [2.24, 2.45) is 11.8 Å². The number of rotatable bonds is 9.